The number of rotatable bonds is 9. The first-order chi connectivity index (χ1) is 13.7. The van der Waals surface area contributed by atoms with Gasteiger partial charge in [0.15, 0.2) is 5.96 Å². The number of guanidine groups is 1. The minimum Gasteiger partial charge on any atom is -0.488 e. The van der Waals surface area contributed by atoms with Gasteiger partial charge in [-0.25, -0.2) is 13.8 Å². The molecule has 0 bridgehead atoms. The van der Waals surface area contributed by atoms with E-state index in [-0.39, 0.29) is 6.54 Å². The molecule has 3 N–H and O–H groups in total. The summed E-state index contributed by atoms with van der Waals surface area (Å²) >= 11 is 0. The average Bonchev–Trinajstić information content (AvgIpc) is 3.02. The van der Waals surface area contributed by atoms with Crippen molar-refractivity contribution in [1.82, 2.24) is 10.6 Å². The number of nitrogens with zero attached hydrogens (tertiary/aromatic N) is 1. The molecule has 2 aromatic rings. The van der Waals surface area contributed by atoms with Crippen molar-refractivity contribution in [1.29, 1.82) is 0 Å². The normalized spacial score (nSPS) is 14.0. The molecule has 6 nitrogen and oxygen atoms in total. The Labute approximate surface area is 170 Å². The summed E-state index contributed by atoms with van der Waals surface area (Å²) in [4.78, 5) is 4.50. The maximum atomic E-state index is 12.3. The highest BCUT2D eigenvalue weighted by Crippen LogP contribution is 2.26. The smallest absolute Gasteiger partial charge is 0.272 e. The zero-order chi connectivity index (χ0) is 21.4. The number of aliphatic imine (C=N–C) groups is 1. The van der Waals surface area contributed by atoms with E-state index >= 15 is 0 Å². The second kappa shape index (κ2) is 10.2. The quantitative estimate of drug-likeness (QED) is 0.436. The van der Waals surface area contributed by atoms with Crippen molar-refractivity contribution >= 4 is 5.96 Å². The van der Waals surface area contributed by atoms with E-state index in [0.717, 1.165) is 16.9 Å². The summed E-state index contributed by atoms with van der Waals surface area (Å²) in [5.74, 6) is 2.33. The van der Waals surface area contributed by atoms with Crippen molar-refractivity contribution in [2.24, 2.45) is 4.99 Å². The van der Waals surface area contributed by atoms with E-state index in [2.05, 4.69) is 15.6 Å². The molecular formula is C21H29F2N3O3. The molecule has 1 atom stereocenters. The molecule has 0 spiro atoms. The van der Waals surface area contributed by atoms with Gasteiger partial charge in [-0.1, -0.05) is 12.1 Å². The van der Waals surface area contributed by atoms with E-state index in [0.29, 0.717) is 30.6 Å². The lowest BCUT2D eigenvalue weighted by atomic mass is 9.96. The van der Waals surface area contributed by atoms with Crippen LogP contribution in [0.2, 0.25) is 0 Å². The summed E-state index contributed by atoms with van der Waals surface area (Å²) in [7, 11) is 0. The number of hydrogen-bond donors (Lipinski definition) is 3. The first-order valence-electron chi connectivity index (χ1n) is 9.53. The number of ether oxygens (including phenoxy) is 1. The highest BCUT2D eigenvalue weighted by molar-refractivity contribution is 5.79. The van der Waals surface area contributed by atoms with Crippen LogP contribution in [0.3, 0.4) is 0 Å². The molecule has 2 rings (SSSR count). The Morgan fingerprint density at radius 2 is 2.03 bits per heavy atom. The Bertz CT molecular complexity index is 819. The van der Waals surface area contributed by atoms with Gasteiger partial charge in [-0.2, -0.15) is 0 Å². The van der Waals surface area contributed by atoms with Crippen LogP contribution in [0.5, 0.6) is 5.75 Å². The van der Waals surface area contributed by atoms with Gasteiger partial charge in [0.25, 0.3) is 6.43 Å². The van der Waals surface area contributed by atoms with Crippen LogP contribution in [0.15, 0.2) is 39.7 Å². The molecule has 160 valence electrons. The van der Waals surface area contributed by atoms with Gasteiger partial charge < -0.3 is 24.9 Å². The van der Waals surface area contributed by atoms with Gasteiger partial charge in [-0.05, 0) is 51.5 Å². The maximum Gasteiger partial charge on any atom is 0.272 e. The third-order valence-electron chi connectivity index (χ3n) is 4.26. The van der Waals surface area contributed by atoms with Crippen molar-refractivity contribution in [2.45, 2.75) is 46.3 Å². The van der Waals surface area contributed by atoms with Gasteiger partial charge in [0.2, 0.25) is 0 Å². The number of alkyl halides is 2. The molecule has 1 unspecified atom stereocenters. The van der Waals surface area contributed by atoms with Crippen LogP contribution < -0.4 is 15.4 Å². The van der Waals surface area contributed by atoms with Gasteiger partial charge in [-0.3, -0.25) is 0 Å². The molecule has 0 saturated carbocycles. The van der Waals surface area contributed by atoms with Crippen LogP contribution in [0.25, 0.3) is 0 Å². The van der Waals surface area contributed by atoms with Crippen molar-refractivity contribution < 1.29 is 23.0 Å². The standard InChI is InChI=1S/C21H29F2N3O3/c1-5-24-20(26-13-21(4,27)18-9-14(2)29-15(18)3)25-11-16-7-6-8-17(10-16)28-12-19(22)23/h6-10,19,27H,5,11-13H2,1-4H3,(H2,24,25,26). The number of benzene rings is 1. The number of aryl methyl sites for hydroxylation is 2. The molecule has 0 radical (unpaired) electrons. The predicted molar refractivity (Wildman–Crippen MR) is 109 cm³/mol. The van der Waals surface area contributed by atoms with Crippen LogP contribution >= 0.6 is 0 Å². The lowest BCUT2D eigenvalue weighted by molar-refractivity contribution is 0.0601. The van der Waals surface area contributed by atoms with Crippen molar-refractivity contribution in [3.8, 4) is 5.75 Å². The van der Waals surface area contributed by atoms with E-state index in [1.807, 2.05) is 32.9 Å². The molecule has 0 aliphatic heterocycles. The summed E-state index contributed by atoms with van der Waals surface area (Å²) in [6.45, 7) is 7.88. The van der Waals surface area contributed by atoms with Crippen molar-refractivity contribution in [2.75, 3.05) is 19.7 Å². The lowest BCUT2D eigenvalue weighted by Gasteiger charge is -2.24. The third kappa shape index (κ3) is 7.05. The van der Waals surface area contributed by atoms with E-state index in [9.17, 15) is 13.9 Å². The Morgan fingerprint density at radius 1 is 1.28 bits per heavy atom. The van der Waals surface area contributed by atoms with Gasteiger partial charge >= 0.3 is 0 Å². The average molecular weight is 409 g/mol. The van der Waals surface area contributed by atoms with Gasteiger partial charge in [0.1, 0.15) is 29.5 Å². The summed E-state index contributed by atoms with van der Waals surface area (Å²) in [6.07, 6.45) is -2.52. The zero-order valence-corrected chi connectivity index (χ0v) is 17.3. The fourth-order valence-electron chi connectivity index (χ4n) is 2.92. The fourth-order valence-corrected chi connectivity index (χ4v) is 2.92. The molecule has 1 aromatic carbocycles. The zero-order valence-electron chi connectivity index (χ0n) is 17.3. The minimum absolute atomic E-state index is 0.232. The van der Waals surface area contributed by atoms with Gasteiger partial charge in [0, 0.05) is 12.1 Å². The molecule has 1 heterocycles. The Hall–Kier alpha value is -2.61. The number of furan rings is 1. The summed E-state index contributed by atoms with van der Waals surface area (Å²) in [6, 6.07) is 8.72. The molecule has 8 heteroatoms. The maximum absolute atomic E-state index is 12.3. The monoisotopic (exact) mass is 409 g/mol. The lowest BCUT2D eigenvalue weighted by Crippen LogP contribution is -2.44. The highest BCUT2D eigenvalue weighted by Gasteiger charge is 2.27. The van der Waals surface area contributed by atoms with Gasteiger partial charge in [-0.15, -0.1) is 0 Å². The summed E-state index contributed by atoms with van der Waals surface area (Å²) in [5.41, 5.74) is 0.408. The first kappa shape index (κ1) is 22.7. The van der Waals surface area contributed by atoms with E-state index < -0.39 is 18.6 Å². The Kier molecular flexibility index (Phi) is 8.01. The Morgan fingerprint density at radius 3 is 2.66 bits per heavy atom. The predicted octanol–water partition coefficient (Wildman–Crippen LogP) is 3.50. The first-order valence-corrected chi connectivity index (χ1v) is 9.53. The largest absolute Gasteiger partial charge is 0.488 e. The van der Waals surface area contributed by atoms with Crippen LogP contribution in [-0.4, -0.2) is 37.2 Å². The third-order valence-corrected chi connectivity index (χ3v) is 4.26. The number of hydrogen-bond acceptors (Lipinski definition) is 4. The van der Waals surface area contributed by atoms with Crippen LogP contribution in [0, 0.1) is 13.8 Å². The van der Waals surface area contributed by atoms with Crippen molar-refractivity contribution in [3.05, 3.63) is 53.0 Å². The molecule has 0 amide bonds. The number of aliphatic hydroxyl groups is 1. The second-order valence-electron chi connectivity index (χ2n) is 7.00. The number of halogens is 2. The molecule has 0 fully saturated rings. The van der Waals surface area contributed by atoms with Crippen LogP contribution in [0.1, 0.15) is 36.5 Å². The summed E-state index contributed by atoms with van der Waals surface area (Å²) in [5, 5.41) is 17.1. The topological polar surface area (TPSA) is 79.0 Å². The molecular weight excluding hydrogens is 380 g/mol. The molecule has 0 aliphatic carbocycles. The van der Waals surface area contributed by atoms with E-state index in [1.54, 1.807) is 25.1 Å². The van der Waals surface area contributed by atoms with E-state index in [4.69, 9.17) is 9.15 Å². The highest BCUT2D eigenvalue weighted by atomic mass is 19.3. The summed E-state index contributed by atoms with van der Waals surface area (Å²) < 4.78 is 35.2. The minimum atomic E-state index is -2.52. The molecule has 0 saturated heterocycles. The second-order valence-corrected chi connectivity index (χ2v) is 7.00. The molecule has 1 aromatic heterocycles. The molecule has 29 heavy (non-hydrogen) atoms. The van der Waals surface area contributed by atoms with Gasteiger partial charge in [0.05, 0.1) is 13.1 Å². The Balaban J connectivity index is 2.02. The van der Waals surface area contributed by atoms with Crippen molar-refractivity contribution in [3.63, 3.8) is 0 Å². The fraction of sp³-hybridized carbons (Fsp3) is 0.476. The number of nitrogens with one attached hydrogen (secondary N) is 2. The molecule has 0 aliphatic rings. The van der Waals surface area contributed by atoms with Crippen LogP contribution in [-0.2, 0) is 12.1 Å². The SMILES string of the molecule is CCNC(=NCc1cccc(OCC(F)F)c1)NCC(C)(O)c1cc(C)oc1C. The van der Waals surface area contributed by atoms with Crippen LogP contribution in [0.4, 0.5) is 8.78 Å². The van der Waals surface area contributed by atoms with E-state index in [1.165, 1.54) is 0 Å².